The van der Waals surface area contributed by atoms with Gasteiger partial charge in [-0.05, 0) is 50.9 Å². The Kier molecular flexibility index (Phi) is 4.80. The van der Waals surface area contributed by atoms with Gasteiger partial charge in [-0.2, -0.15) is 0 Å². The Balaban J connectivity index is 2.00. The SMILES string of the molecule is CNC(C)c1ccc(OC2CCCCNC2=O)cc1. The van der Waals surface area contributed by atoms with Crippen LogP contribution in [0, 0.1) is 0 Å². The zero-order chi connectivity index (χ0) is 13.7. The number of carbonyl (C=O) groups excluding carboxylic acids is 1. The van der Waals surface area contributed by atoms with E-state index in [0.717, 1.165) is 31.6 Å². The molecular weight excluding hydrogens is 240 g/mol. The Bertz CT molecular complexity index is 417. The highest BCUT2D eigenvalue weighted by Gasteiger charge is 2.22. The second-order valence-electron chi connectivity index (χ2n) is 4.97. The van der Waals surface area contributed by atoms with Gasteiger partial charge < -0.3 is 15.4 Å². The molecule has 1 aliphatic rings. The fourth-order valence-electron chi connectivity index (χ4n) is 2.19. The molecule has 2 atom stereocenters. The van der Waals surface area contributed by atoms with Gasteiger partial charge in [-0.15, -0.1) is 0 Å². The summed E-state index contributed by atoms with van der Waals surface area (Å²) in [5.41, 5.74) is 1.21. The van der Waals surface area contributed by atoms with Crippen LogP contribution in [0.5, 0.6) is 5.75 Å². The Hall–Kier alpha value is -1.55. The summed E-state index contributed by atoms with van der Waals surface area (Å²) in [5, 5.41) is 6.07. The summed E-state index contributed by atoms with van der Waals surface area (Å²) in [6.45, 7) is 2.87. The number of benzene rings is 1. The van der Waals surface area contributed by atoms with E-state index < -0.39 is 0 Å². The Morgan fingerprint density at radius 3 is 2.74 bits per heavy atom. The predicted octanol–water partition coefficient (Wildman–Crippen LogP) is 2.01. The fraction of sp³-hybridized carbons (Fsp3) is 0.533. The molecule has 1 aromatic carbocycles. The molecule has 2 N–H and O–H groups in total. The number of ether oxygens (including phenoxy) is 1. The molecule has 1 aromatic rings. The number of carbonyl (C=O) groups is 1. The van der Waals surface area contributed by atoms with Crippen molar-refractivity contribution < 1.29 is 9.53 Å². The van der Waals surface area contributed by atoms with E-state index in [4.69, 9.17) is 4.74 Å². The second kappa shape index (κ2) is 6.57. The van der Waals surface area contributed by atoms with Crippen molar-refractivity contribution in [2.75, 3.05) is 13.6 Å². The first-order chi connectivity index (χ1) is 9.20. The van der Waals surface area contributed by atoms with Crippen LogP contribution in [0.1, 0.15) is 37.8 Å². The van der Waals surface area contributed by atoms with E-state index >= 15 is 0 Å². The third-order valence-electron chi connectivity index (χ3n) is 3.58. The predicted molar refractivity (Wildman–Crippen MR) is 75.2 cm³/mol. The first-order valence-electron chi connectivity index (χ1n) is 6.92. The van der Waals surface area contributed by atoms with Gasteiger partial charge in [0.2, 0.25) is 0 Å². The molecule has 0 saturated carbocycles. The molecule has 0 bridgehead atoms. The molecule has 0 aliphatic carbocycles. The first kappa shape index (κ1) is 13.9. The Morgan fingerprint density at radius 2 is 2.05 bits per heavy atom. The van der Waals surface area contributed by atoms with Crippen LogP contribution in [0.3, 0.4) is 0 Å². The van der Waals surface area contributed by atoms with E-state index in [1.807, 2.05) is 31.3 Å². The Morgan fingerprint density at radius 1 is 1.32 bits per heavy atom. The summed E-state index contributed by atoms with van der Waals surface area (Å²) in [4.78, 5) is 11.8. The standard InChI is InChI=1S/C15H22N2O2/c1-11(16-2)12-6-8-13(9-7-12)19-14-5-3-4-10-17-15(14)18/h6-9,11,14,16H,3-5,10H2,1-2H3,(H,17,18). The van der Waals surface area contributed by atoms with Crippen molar-refractivity contribution in [1.29, 1.82) is 0 Å². The number of amides is 1. The highest BCUT2D eigenvalue weighted by molar-refractivity contribution is 5.81. The van der Waals surface area contributed by atoms with Gasteiger partial charge in [0.15, 0.2) is 6.10 Å². The number of rotatable bonds is 4. The molecule has 1 fully saturated rings. The number of hydrogen-bond acceptors (Lipinski definition) is 3. The van der Waals surface area contributed by atoms with E-state index in [0.29, 0.717) is 6.04 Å². The molecule has 1 heterocycles. The van der Waals surface area contributed by atoms with Crippen LogP contribution in [0.25, 0.3) is 0 Å². The summed E-state index contributed by atoms with van der Waals surface area (Å²) >= 11 is 0. The smallest absolute Gasteiger partial charge is 0.261 e. The lowest BCUT2D eigenvalue weighted by atomic mass is 10.1. The van der Waals surface area contributed by atoms with Crippen LogP contribution in [-0.4, -0.2) is 25.6 Å². The molecule has 0 radical (unpaired) electrons. The normalized spacial score (nSPS) is 21.4. The zero-order valence-corrected chi connectivity index (χ0v) is 11.6. The van der Waals surface area contributed by atoms with Gasteiger partial charge in [0.05, 0.1) is 0 Å². The molecule has 2 unspecified atom stereocenters. The van der Waals surface area contributed by atoms with Crippen LogP contribution in [0.2, 0.25) is 0 Å². The maximum absolute atomic E-state index is 11.8. The quantitative estimate of drug-likeness (QED) is 0.872. The lowest BCUT2D eigenvalue weighted by Crippen LogP contribution is -2.36. The highest BCUT2D eigenvalue weighted by atomic mass is 16.5. The van der Waals surface area contributed by atoms with Crippen molar-refractivity contribution in [3.63, 3.8) is 0 Å². The van der Waals surface area contributed by atoms with Crippen LogP contribution in [-0.2, 0) is 4.79 Å². The van der Waals surface area contributed by atoms with Gasteiger partial charge in [-0.3, -0.25) is 4.79 Å². The number of hydrogen-bond donors (Lipinski definition) is 2. The molecule has 0 spiro atoms. The largest absolute Gasteiger partial charge is 0.481 e. The monoisotopic (exact) mass is 262 g/mol. The highest BCUT2D eigenvalue weighted by Crippen LogP contribution is 2.20. The molecule has 1 saturated heterocycles. The van der Waals surface area contributed by atoms with E-state index in [2.05, 4.69) is 17.6 Å². The molecule has 1 amide bonds. The maximum Gasteiger partial charge on any atom is 0.261 e. The molecule has 1 aliphatic heterocycles. The van der Waals surface area contributed by atoms with Gasteiger partial charge in [-0.1, -0.05) is 12.1 Å². The third kappa shape index (κ3) is 3.70. The van der Waals surface area contributed by atoms with Crippen molar-refractivity contribution in [2.45, 2.75) is 38.3 Å². The minimum absolute atomic E-state index is 0.00479. The van der Waals surface area contributed by atoms with E-state index in [-0.39, 0.29) is 12.0 Å². The Labute approximate surface area is 114 Å². The lowest BCUT2D eigenvalue weighted by Gasteiger charge is -2.17. The van der Waals surface area contributed by atoms with Gasteiger partial charge in [0.1, 0.15) is 5.75 Å². The van der Waals surface area contributed by atoms with E-state index in [9.17, 15) is 4.79 Å². The van der Waals surface area contributed by atoms with Crippen LogP contribution < -0.4 is 15.4 Å². The van der Waals surface area contributed by atoms with Crippen molar-refractivity contribution in [3.05, 3.63) is 29.8 Å². The minimum atomic E-state index is -0.352. The maximum atomic E-state index is 11.8. The molecule has 104 valence electrons. The molecule has 0 aromatic heterocycles. The topological polar surface area (TPSA) is 50.4 Å². The lowest BCUT2D eigenvalue weighted by molar-refractivity contribution is -0.127. The second-order valence-corrected chi connectivity index (χ2v) is 4.97. The molecule has 19 heavy (non-hydrogen) atoms. The molecular formula is C15H22N2O2. The van der Waals surface area contributed by atoms with Gasteiger partial charge in [0, 0.05) is 12.6 Å². The van der Waals surface area contributed by atoms with Crippen molar-refractivity contribution in [3.8, 4) is 5.75 Å². The van der Waals surface area contributed by atoms with Gasteiger partial charge in [-0.25, -0.2) is 0 Å². The zero-order valence-electron chi connectivity index (χ0n) is 11.6. The van der Waals surface area contributed by atoms with Crippen LogP contribution in [0.4, 0.5) is 0 Å². The van der Waals surface area contributed by atoms with Gasteiger partial charge in [0.25, 0.3) is 5.91 Å². The summed E-state index contributed by atoms with van der Waals surface area (Å²) < 4.78 is 5.78. The third-order valence-corrected chi connectivity index (χ3v) is 3.58. The molecule has 4 heteroatoms. The summed E-state index contributed by atoms with van der Waals surface area (Å²) in [5.74, 6) is 0.763. The first-order valence-corrected chi connectivity index (χ1v) is 6.92. The van der Waals surface area contributed by atoms with Crippen molar-refractivity contribution >= 4 is 5.91 Å². The molecule has 4 nitrogen and oxygen atoms in total. The van der Waals surface area contributed by atoms with Crippen LogP contribution in [0.15, 0.2) is 24.3 Å². The summed E-state index contributed by atoms with van der Waals surface area (Å²) in [6, 6.07) is 8.24. The van der Waals surface area contributed by atoms with E-state index in [1.165, 1.54) is 5.56 Å². The summed E-state index contributed by atoms with van der Waals surface area (Å²) in [6.07, 6.45) is 2.50. The van der Waals surface area contributed by atoms with E-state index in [1.54, 1.807) is 0 Å². The van der Waals surface area contributed by atoms with Gasteiger partial charge >= 0.3 is 0 Å². The number of nitrogens with one attached hydrogen (secondary N) is 2. The minimum Gasteiger partial charge on any atom is -0.481 e. The average molecular weight is 262 g/mol. The molecule has 2 rings (SSSR count). The van der Waals surface area contributed by atoms with Crippen LogP contribution >= 0.6 is 0 Å². The summed E-state index contributed by atoms with van der Waals surface area (Å²) in [7, 11) is 1.94. The average Bonchev–Trinajstić information content (AvgIpc) is 2.64. The fourth-order valence-corrected chi connectivity index (χ4v) is 2.19. The van der Waals surface area contributed by atoms with Crippen molar-refractivity contribution in [2.24, 2.45) is 0 Å². The van der Waals surface area contributed by atoms with Crippen molar-refractivity contribution in [1.82, 2.24) is 10.6 Å².